The summed E-state index contributed by atoms with van der Waals surface area (Å²) in [5.74, 6) is -4.18. The van der Waals surface area contributed by atoms with Gasteiger partial charge in [0.1, 0.15) is 0 Å². The van der Waals surface area contributed by atoms with E-state index >= 15 is 0 Å². The molecule has 0 heterocycles. The van der Waals surface area contributed by atoms with E-state index in [2.05, 4.69) is 5.32 Å². The molecule has 0 aliphatic carbocycles. The van der Waals surface area contributed by atoms with Gasteiger partial charge in [0.2, 0.25) is 15.7 Å². The number of nitrogens with one attached hydrogen (secondary N) is 1. The molecule has 0 fully saturated rings. The Hall–Kier alpha value is -1.54. The SMILES string of the molecule is CC[C@@H](N)C(=O)Nc1ccccc1S(=O)(=O)C(F)F. The van der Waals surface area contributed by atoms with Crippen molar-refractivity contribution in [3.63, 3.8) is 0 Å². The quantitative estimate of drug-likeness (QED) is 0.857. The molecule has 0 radical (unpaired) electrons. The molecule has 0 saturated carbocycles. The molecular weight excluding hydrogens is 278 g/mol. The highest BCUT2D eigenvalue weighted by molar-refractivity contribution is 7.91. The third-order valence-corrected chi connectivity index (χ3v) is 3.90. The average Bonchev–Trinajstić information content (AvgIpc) is 2.37. The number of hydrogen-bond acceptors (Lipinski definition) is 4. The Bertz CT molecular complexity index is 561. The molecule has 8 heteroatoms. The minimum Gasteiger partial charge on any atom is -0.324 e. The number of hydrogen-bond donors (Lipinski definition) is 2. The van der Waals surface area contributed by atoms with Gasteiger partial charge in [-0.05, 0) is 18.6 Å². The van der Waals surface area contributed by atoms with Crippen LogP contribution < -0.4 is 11.1 Å². The van der Waals surface area contributed by atoms with E-state index in [4.69, 9.17) is 5.73 Å². The zero-order valence-corrected chi connectivity index (χ0v) is 11.0. The van der Waals surface area contributed by atoms with E-state index < -0.39 is 32.4 Å². The zero-order valence-electron chi connectivity index (χ0n) is 10.1. The molecule has 0 spiro atoms. The lowest BCUT2D eigenvalue weighted by atomic mass is 10.2. The summed E-state index contributed by atoms with van der Waals surface area (Å²) in [5, 5.41) is 2.25. The summed E-state index contributed by atoms with van der Waals surface area (Å²) in [7, 11) is -4.77. The third-order valence-electron chi connectivity index (χ3n) is 2.46. The summed E-state index contributed by atoms with van der Waals surface area (Å²) in [4.78, 5) is 11.0. The number of alkyl halides is 2. The molecule has 0 saturated heterocycles. The molecular formula is C11H14F2N2O3S. The topological polar surface area (TPSA) is 89.3 Å². The van der Waals surface area contributed by atoms with Gasteiger partial charge >= 0.3 is 5.76 Å². The maximum Gasteiger partial charge on any atom is 0.341 e. The van der Waals surface area contributed by atoms with Crippen LogP contribution in [0.25, 0.3) is 0 Å². The molecule has 1 aromatic rings. The summed E-state index contributed by atoms with van der Waals surface area (Å²) in [6.07, 6.45) is 0.343. The largest absolute Gasteiger partial charge is 0.341 e. The fourth-order valence-electron chi connectivity index (χ4n) is 1.32. The monoisotopic (exact) mass is 292 g/mol. The highest BCUT2D eigenvalue weighted by Crippen LogP contribution is 2.26. The smallest absolute Gasteiger partial charge is 0.324 e. The van der Waals surface area contributed by atoms with Crippen molar-refractivity contribution in [1.29, 1.82) is 0 Å². The number of carbonyl (C=O) groups excluding carboxylic acids is 1. The van der Waals surface area contributed by atoms with Crippen molar-refractivity contribution >= 4 is 21.4 Å². The molecule has 3 N–H and O–H groups in total. The second-order valence-corrected chi connectivity index (χ2v) is 5.69. The van der Waals surface area contributed by atoms with E-state index in [9.17, 15) is 22.0 Å². The molecule has 0 aliphatic heterocycles. The summed E-state index contributed by atoms with van der Waals surface area (Å²) >= 11 is 0. The lowest BCUT2D eigenvalue weighted by Gasteiger charge is -2.13. The van der Waals surface area contributed by atoms with E-state index in [1.807, 2.05) is 0 Å². The van der Waals surface area contributed by atoms with Crippen LogP contribution in [-0.4, -0.2) is 26.1 Å². The van der Waals surface area contributed by atoms with Crippen LogP contribution in [0.3, 0.4) is 0 Å². The van der Waals surface area contributed by atoms with Gasteiger partial charge in [0.15, 0.2) is 0 Å². The average molecular weight is 292 g/mol. The molecule has 1 amide bonds. The third kappa shape index (κ3) is 3.48. The molecule has 19 heavy (non-hydrogen) atoms. The van der Waals surface area contributed by atoms with Crippen LogP contribution >= 0.6 is 0 Å². The first-order chi connectivity index (χ1) is 8.80. The second kappa shape index (κ2) is 6.07. The number of sulfone groups is 1. The lowest BCUT2D eigenvalue weighted by Crippen LogP contribution is -2.35. The zero-order chi connectivity index (χ0) is 14.6. The Morgan fingerprint density at radius 1 is 1.37 bits per heavy atom. The van der Waals surface area contributed by atoms with Crippen LogP contribution in [0.1, 0.15) is 13.3 Å². The first kappa shape index (κ1) is 15.5. The number of anilines is 1. The molecule has 1 aromatic carbocycles. The molecule has 0 unspecified atom stereocenters. The van der Waals surface area contributed by atoms with E-state index in [-0.39, 0.29) is 5.69 Å². The first-order valence-electron chi connectivity index (χ1n) is 5.48. The fraction of sp³-hybridized carbons (Fsp3) is 0.364. The Morgan fingerprint density at radius 2 is 1.95 bits per heavy atom. The lowest BCUT2D eigenvalue weighted by molar-refractivity contribution is -0.117. The van der Waals surface area contributed by atoms with E-state index in [1.165, 1.54) is 18.2 Å². The van der Waals surface area contributed by atoms with Gasteiger partial charge in [0.05, 0.1) is 16.6 Å². The number of rotatable bonds is 5. The van der Waals surface area contributed by atoms with Gasteiger partial charge in [0, 0.05) is 0 Å². The van der Waals surface area contributed by atoms with Gasteiger partial charge in [-0.2, -0.15) is 8.78 Å². The molecule has 1 rings (SSSR count). The number of nitrogens with two attached hydrogens (primary N) is 1. The molecule has 106 valence electrons. The van der Waals surface area contributed by atoms with Crippen LogP contribution in [0.5, 0.6) is 0 Å². The van der Waals surface area contributed by atoms with Crippen LogP contribution in [0, 0.1) is 0 Å². The standard InChI is InChI=1S/C11H14F2N2O3S/c1-2-7(14)10(16)15-8-5-3-4-6-9(8)19(17,18)11(12)13/h3-7,11H,2,14H2,1H3,(H,15,16)/t7-/m1/s1. The molecule has 0 bridgehead atoms. The van der Waals surface area contributed by atoms with Crippen LogP contribution in [0.15, 0.2) is 29.2 Å². The van der Waals surface area contributed by atoms with Crippen LogP contribution in [0.2, 0.25) is 0 Å². The minimum atomic E-state index is -4.77. The maximum absolute atomic E-state index is 12.5. The Labute approximate surface area is 109 Å². The number of carbonyl (C=O) groups is 1. The molecule has 1 atom stereocenters. The van der Waals surface area contributed by atoms with Crippen molar-refractivity contribution in [1.82, 2.24) is 0 Å². The van der Waals surface area contributed by atoms with Crippen molar-refractivity contribution < 1.29 is 22.0 Å². The van der Waals surface area contributed by atoms with Crippen LogP contribution in [-0.2, 0) is 14.6 Å². The Balaban J connectivity index is 3.14. The Morgan fingerprint density at radius 3 is 2.47 bits per heavy atom. The van der Waals surface area contributed by atoms with Crippen molar-refractivity contribution in [3.8, 4) is 0 Å². The van der Waals surface area contributed by atoms with E-state index in [1.54, 1.807) is 6.92 Å². The second-order valence-electron chi connectivity index (χ2n) is 3.81. The normalized spacial score (nSPS) is 13.3. The van der Waals surface area contributed by atoms with Gasteiger partial charge in [-0.1, -0.05) is 19.1 Å². The van der Waals surface area contributed by atoms with Crippen molar-refractivity contribution in [2.45, 2.75) is 30.0 Å². The highest BCUT2D eigenvalue weighted by atomic mass is 32.2. The summed E-state index contributed by atoms with van der Waals surface area (Å²) in [6.45, 7) is 1.67. The van der Waals surface area contributed by atoms with Crippen molar-refractivity contribution in [3.05, 3.63) is 24.3 Å². The van der Waals surface area contributed by atoms with Crippen molar-refractivity contribution in [2.75, 3.05) is 5.32 Å². The van der Waals surface area contributed by atoms with E-state index in [0.717, 1.165) is 6.07 Å². The first-order valence-corrected chi connectivity index (χ1v) is 7.02. The minimum absolute atomic E-state index is 0.197. The van der Waals surface area contributed by atoms with Gasteiger partial charge in [-0.25, -0.2) is 8.42 Å². The van der Waals surface area contributed by atoms with E-state index in [0.29, 0.717) is 6.42 Å². The predicted octanol–water partition coefficient (Wildman–Crippen LogP) is 1.36. The number of benzene rings is 1. The predicted molar refractivity (Wildman–Crippen MR) is 66.5 cm³/mol. The van der Waals surface area contributed by atoms with Gasteiger partial charge in [-0.15, -0.1) is 0 Å². The molecule has 0 aliphatic rings. The van der Waals surface area contributed by atoms with Crippen molar-refractivity contribution in [2.24, 2.45) is 5.73 Å². The number of halogens is 2. The highest BCUT2D eigenvalue weighted by Gasteiger charge is 2.29. The molecule has 5 nitrogen and oxygen atoms in total. The summed E-state index contributed by atoms with van der Waals surface area (Å²) < 4.78 is 47.9. The summed E-state index contributed by atoms with van der Waals surface area (Å²) in [5.41, 5.74) is 5.28. The molecule has 0 aromatic heterocycles. The van der Waals surface area contributed by atoms with Gasteiger partial charge in [0.25, 0.3) is 0 Å². The van der Waals surface area contributed by atoms with Crippen LogP contribution in [0.4, 0.5) is 14.5 Å². The van der Waals surface area contributed by atoms with Gasteiger partial charge < -0.3 is 11.1 Å². The number of amides is 1. The maximum atomic E-state index is 12.5. The Kier molecular flexibility index (Phi) is 4.96. The fourth-order valence-corrected chi connectivity index (χ4v) is 2.21. The number of para-hydroxylation sites is 1. The summed E-state index contributed by atoms with van der Waals surface area (Å²) in [6, 6.07) is 4.13. The van der Waals surface area contributed by atoms with Gasteiger partial charge in [-0.3, -0.25) is 4.79 Å².